The molecule has 0 aliphatic heterocycles. The Morgan fingerprint density at radius 1 is 1.31 bits per heavy atom. The summed E-state index contributed by atoms with van der Waals surface area (Å²) in [5, 5.41) is 11.4. The van der Waals surface area contributed by atoms with Gasteiger partial charge in [-0.3, -0.25) is 0 Å². The largest absolute Gasteiger partial charge is 0.411 e. The molecule has 0 bridgehead atoms. The first-order valence-electron chi connectivity index (χ1n) is 5.09. The van der Waals surface area contributed by atoms with Crippen molar-refractivity contribution in [2.24, 2.45) is 5.16 Å². The van der Waals surface area contributed by atoms with Crippen molar-refractivity contribution in [3.8, 4) is 0 Å². The molecular formula is C12H13N2OS+. The van der Waals surface area contributed by atoms with Gasteiger partial charge in [0.15, 0.2) is 12.4 Å². The number of aryl methyl sites for hydroxylation is 2. The maximum atomic E-state index is 8.41. The van der Waals surface area contributed by atoms with Crippen LogP contribution in [0.25, 0.3) is 0 Å². The van der Waals surface area contributed by atoms with E-state index in [2.05, 4.69) is 22.3 Å². The van der Waals surface area contributed by atoms with E-state index in [4.69, 9.17) is 5.21 Å². The van der Waals surface area contributed by atoms with Crippen LogP contribution in [0.3, 0.4) is 0 Å². The van der Waals surface area contributed by atoms with Crippen molar-refractivity contribution in [1.29, 1.82) is 0 Å². The summed E-state index contributed by atoms with van der Waals surface area (Å²) in [4.78, 5) is 5.36. The molecule has 16 heavy (non-hydrogen) atoms. The van der Waals surface area contributed by atoms with E-state index in [1.54, 1.807) is 11.3 Å². The Hall–Kier alpha value is -1.68. The zero-order valence-electron chi connectivity index (χ0n) is 8.76. The van der Waals surface area contributed by atoms with Crippen molar-refractivity contribution in [2.75, 3.05) is 0 Å². The van der Waals surface area contributed by atoms with Crippen LogP contribution in [0.1, 0.15) is 15.3 Å². The molecule has 2 heterocycles. The Bertz CT molecular complexity index is 465. The molecule has 0 saturated carbocycles. The number of thiophene rings is 1. The molecule has 2 rings (SSSR count). The van der Waals surface area contributed by atoms with Crippen molar-refractivity contribution in [2.45, 2.75) is 12.8 Å². The number of nitrogens with zero attached hydrogens (tertiary/aromatic N) is 1. The summed E-state index contributed by atoms with van der Waals surface area (Å²) >= 11 is 1.66. The third-order valence-electron chi connectivity index (χ3n) is 2.30. The zero-order valence-corrected chi connectivity index (χ0v) is 9.57. The average Bonchev–Trinajstić information content (AvgIpc) is 2.76. The maximum absolute atomic E-state index is 8.41. The molecule has 0 fully saturated rings. The fourth-order valence-electron chi connectivity index (χ4n) is 1.51. The van der Waals surface area contributed by atoms with Gasteiger partial charge in [0.05, 0.1) is 6.21 Å². The van der Waals surface area contributed by atoms with Gasteiger partial charge in [0.25, 0.3) is 0 Å². The fraction of sp³-hybridized carbons (Fsp3) is 0.167. The second-order valence-electron chi connectivity index (χ2n) is 3.46. The molecule has 2 aromatic heterocycles. The van der Waals surface area contributed by atoms with E-state index in [0.717, 1.165) is 17.7 Å². The highest BCUT2D eigenvalue weighted by atomic mass is 32.1. The van der Waals surface area contributed by atoms with Gasteiger partial charge in [0.1, 0.15) is 0 Å². The number of hydrogen-bond donors (Lipinski definition) is 1. The predicted octanol–water partition coefficient (Wildman–Crippen LogP) is 2.16. The van der Waals surface area contributed by atoms with Gasteiger partial charge in [-0.05, 0) is 31.0 Å². The second kappa shape index (κ2) is 5.42. The van der Waals surface area contributed by atoms with Crippen LogP contribution in [0.5, 0.6) is 0 Å². The first-order chi connectivity index (χ1) is 7.88. The summed E-state index contributed by atoms with van der Waals surface area (Å²) in [5.41, 5.74) is 1.30. The monoisotopic (exact) mass is 233 g/mol. The second-order valence-corrected chi connectivity index (χ2v) is 4.66. The van der Waals surface area contributed by atoms with E-state index in [0.29, 0.717) is 0 Å². The molecule has 3 nitrogen and oxygen atoms in total. The van der Waals surface area contributed by atoms with Crippen LogP contribution in [0.4, 0.5) is 0 Å². The highest BCUT2D eigenvalue weighted by molar-refractivity contribution is 7.13. The highest BCUT2D eigenvalue weighted by Gasteiger charge is 2.00. The molecule has 0 aliphatic carbocycles. The minimum Gasteiger partial charge on any atom is -0.411 e. The SMILES string of the molecule is O/N=C\c1ccc(CCc2ccc[nH+]c2)s1. The van der Waals surface area contributed by atoms with Crippen molar-refractivity contribution in [3.05, 3.63) is 52.0 Å². The number of nitrogens with one attached hydrogen (secondary N) is 1. The number of rotatable bonds is 4. The van der Waals surface area contributed by atoms with Crippen molar-refractivity contribution >= 4 is 17.6 Å². The molecule has 0 atom stereocenters. The number of aromatic nitrogens is 1. The summed E-state index contributed by atoms with van der Waals surface area (Å²) < 4.78 is 0. The van der Waals surface area contributed by atoms with E-state index in [1.807, 2.05) is 24.5 Å². The minimum atomic E-state index is 0.983. The van der Waals surface area contributed by atoms with E-state index in [9.17, 15) is 0 Å². The molecule has 0 unspecified atom stereocenters. The Morgan fingerprint density at radius 2 is 2.25 bits per heavy atom. The topological polar surface area (TPSA) is 46.7 Å². The van der Waals surface area contributed by atoms with E-state index < -0.39 is 0 Å². The lowest BCUT2D eigenvalue weighted by molar-refractivity contribution is -0.378. The van der Waals surface area contributed by atoms with Gasteiger partial charge in [-0.25, -0.2) is 4.98 Å². The van der Waals surface area contributed by atoms with E-state index in [1.165, 1.54) is 16.7 Å². The predicted molar refractivity (Wildman–Crippen MR) is 64.1 cm³/mol. The molecule has 2 N–H and O–H groups in total. The number of H-pyrrole nitrogens is 1. The quantitative estimate of drug-likeness (QED) is 0.491. The molecule has 4 heteroatoms. The van der Waals surface area contributed by atoms with Gasteiger partial charge < -0.3 is 5.21 Å². The van der Waals surface area contributed by atoms with Crippen LogP contribution in [0.15, 0.2) is 41.8 Å². The lowest BCUT2D eigenvalue weighted by Gasteiger charge is -1.95. The Labute approximate surface area is 98.1 Å². The van der Waals surface area contributed by atoms with Crippen LogP contribution in [-0.4, -0.2) is 11.4 Å². The molecular weight excluding hydrogens is 220 g/mol. The van der Waals surface area contributed by atoms with Crippen molar-refractivity contribution in [1.82, 2.24) is 0 Å². The van der Waals surface area contributed by atoms with E-state index >= 15 is 0 Å². The van der Waals surface area contributed by atoms with Crippen molar-refractivity contribution < 1.29 is 10.2 Å². The van der Waals surface area contributed by atoms with Gasteiger partial charge in [0, 0.05) is 21.4 Å². The maximum Gasteiger partial charge on any atom is 0.170 e. The first kappa shape index (κ1) is 10.8. The summed E-state index contributed by atoms with van der Waals surface area (Å²) in [6.07, 6.45) is 7.42. The molecule has 82 valence electrons. The first-order valence-corrected chi connectivity index (χ1v) is 5.91. The van der Waals surface area contributed by atoms with Crippen LogP contribution in [0, 0.1) is 0 Å². The molecule has 0 saturated heterocycles. The summed E-state index contributed by atoms with van der Waals surface area (Å²) in [6.45, 7) is 0. The molecule has 0 spiro atoms. The number of oxime groups is 1. The Balaban J connectivity index is 1.94. The lowest BCUT2D eigenvalue weighted by Crippen LogP contribution is -2.01. The van der Waals surface area contributed by atoms with Gasteiger partial charge in [-0.15, -0.1) is 11.3 Å². The van der Waals surface area contributed by atoms with E-state index in [-0.39, 0.29) is 0 Å². The molecule has 0 aliphatic rings. The third kappa shape index (κ3) is 2.90. The Kier molecular flexibility index (Phi) is 3.66. The van der Waals surface area contributed by atoms with Gasteiger partial charge in [0.2, 0.25) is 0 Å². The van der Waals surface area contributed by atoms with Crippen LogP contribution in [-0.2, 0) is 12.8 Å². The lowest BCUT2D eigenvalue weighted by atomic mass is 10.1. The summed E-state index contributed by atoms with van der Waals surface area (Å²) in [7, 11) is 0. The van der Waals surface area contributed by atoms with Crippen molar-refractivity contribution in [3.63, 3.8) is 0 Å². The molecule has 0 amide bonds. The zero-order chi connectivity index (χ0) is 11.2. The third-order valence-corrected chi connectivity index (χ3v) is 3.38. The van der Waals surface area contributed by atoms with Crippen LogP contribution >= 0.6 is 11.3 Å². The van der Waals surface area contributed by atoms with Crippen LogP contribution < -0.4 is 4.98 Å². The fourth-order valence-corrected chi connectivity index (χ4v) is 2.39. The Morgan fingerprint density at radius 3 is 3.00 bits per heavy atom. The van der Waals surface area contributed by atoms with Gasteiger partial charge >= 0.3 is 0 Å². The number of aromatic amines is 1. The van der Waals surface area contributed by atoms with Gasteiger partial charge in [-0.1, -0.05) is 5.16 Å². The number of hydrogen-bond acceptors (Lipinski definition) is 3. The minimum absolute atomic E-state index is 0.983. The number of pyridine rings is 1. The van der Waals surface area contributed by atoms with Crippen LogP contribution in [0.2, 0.25) is 0 Å². The normalized spacial score (nSPS) is 11.0. The highest BCUT2D eigenvalue weighted by Crippen LogP contribution is 2.16. The molecule has 2 aromatic rings. The summed E-state index contributed by atoms with van der Waals surface area (Å²) in [6, 6.07) is 8.17. The van der Waals surface area contributed by atoms with Gasteiger partial charge in [-0.2, -0.15) is 0 Å². The molecule has 0 radical (unpaired) electrons. The standard InChI is InChI=1S/C12H12N2OS/c15-14-9-12-6-5-11(16-12)4-3-10-2-1-7-13-8-10/h1-2,5-9,15H,3-4H2/p+1/b14-9-. The smallest absolute Gasteiger partial charge is 0.170 e. The average molecular weight is 233 g/mol. The summed E-state index contributed by atoms with van der Waals surface area (Å²) in [5.74, 6) is 0. The molecule has 0 aromatic carbocycles.